The predicted octanol–water partition coefficient (Wildman–Crippen LogP) is 3.48. The van der Waals surface area contributed by atoms with Gasteiger partial charge in [0.15, 0.2) is 11.5 Å². The Kier molecular flexibility index (Phi) is 6.28. The monoisotopic (exact) mass is 322 g/mol. The second-order valence-corrected chi connectivity index (χ2v) is 6.09. The summed E-state index contributed by atoms with van der Waals surface area (Å²) in [6.07, 6.45) is 5.47. The van der Waals surface area contributed by atoms with Gasteiger partial charge in [-0.15, -0.1) is 0 Å². The molecule has 0 spiro atoms. The first kappa shape index (κ1) is 17.6. The number of carbonyl (C=O) groups is 1. The van der Waals surface area contributed by atoms with Crippen molar-refractivity contribution < 1.29 is 24.5 Å². The molecule has 1 aliphatic rings. The molecule has 23 heavy (non-hydrogen) atoms. The van der Waals surface area contributed by atoms with Crippen LogP contribution in [0, 0.1) is 0 Å². The molecule has 0 saturated carbocycles. The number of aliphatic hydroxyl groups is 1. The fourth-order valence-electron chi connectivity index (χ4n) is 3.26. The summed E-state index contributed by atoms with van der Waals surface area (Å²) in [5, 5.41) is 18.8. The van der Waals surface area contributed by atoms with E-state index < -0.39 is 11.4 Å². The first-order chi connectivity index (χ1) is 11.1. The van der Waals surface area contributed by atoms with E-state index in [-0.39, 0.29) is 13.4 Å². The topological polar surface area (TPSA) is 76.0 Å². The molecule has 0 aliphatic carbocycles. The van der Waals surface area contributed by atoms with Crippen LogP contribution < -0.4 is 9.47 Å². The molecule has 0 radical (unpaired) electrons. The molecule has 1 heterocycles. The molecule has 1 aromatic carbocycles. The van der Waals surface area contributed by atoms with Gasteiger partial charge < -0.3 is 19.7 Å². The number of carboxylic acid groups (broad SMARTS) is 1. The zero-order valence-corrected chi connectivity index (χ0v) is 13.7. The summed E-state index contributed by atoms with van der Waals surface area (Å²) in [5.74, 6) is 0.525. The second kappa shape index (κ2) is 8.20. The quantitative estimate of drug-likeness (QED) is 0.645. The molecule has 1 atom stereocenters. The number of unbranched alkanes of at least 4 members (excludes halogenated alkanes) is 3. The lowest BCUT2D eigenvalue weighted by atomic mass is 9.73. The van der Waals surface area contributed by atoms with Gasteiger partial charge in [-0.1, -0.05) is 38.7 Å². The highest BCUT2D eigenvalue weighted by atomic mass is 16.7. The van der Waals surface area contributed by atoms with Crippen LogP contribution in [0.3, 0.4) is 0 Å². The van der Waals surface area contributed by atoms with Crippen LogP contribution in [0.4, 0.5) is 0 Å². The van der Waals surface area contributed by atoms with Crippen LogP contribution in [0.1, 0.15) is 57.4 Å². The Labute approximate surface area is 137 Å². The molecule has 128 valence electrons. The minimum Gasteiger partial charge on any atom is -0.481 e. The molecule has 0 fully saturated rings. The first-order valence-corrected chi connectivity index (χ1v) is 8.38. The van der Waals surface area contributed by atoms with Crippen molar-refractivity contribution in [3.8, 4) is 11.5 Å². The number of fused-ring (bicyclic) bond motifs is 1. The number of aliphatic carboxylic acids is 1. The molecule has 0 amide bonds. The van der Waals surface area contributed by atoms with Crippen LogP contribution in [0.5, 0.6) is 11.5 Å². The Balaban J connectivity index is 2.20. The summed E-state index contributed by atoms with van der Waals surface area (Å²) in [5.41, 5.74) is -0.0900. The zero-order valence-electron chi connectivity index (χ0n) is 13.7. The van der Waals surface area contributed by atoms with E-state index in [4.69, 9.17) is 14.6 Å². The van der Waals surface area contributed by atoms with Gasteiger partial charge in [0.2, 0.25) is 6.79 Å². The van der Waals surface area contributed by atoms with Crippen LogP contribution in [0.15, 0.2) is 18.2 Å². The first-order valence-electron chi connectivity index (χ1n) is 8.38. The van der Waals surface area contributed by atoms with Crippen molar-refractivity contribution in [2.24, 2.45) is 0 Å². The van der Waals surface area contributed by atoms with Crippen molar-refractivity contribution in [2.75, 3.05) is 13.4 Å². The highest BCUT2D eigenvalue weighted by molar-refractivity contribution is 5.81. The van der Waals surface area contributed by atoms with E-state index in [2.05, 4.69) is 0 Å². The van der Waals surface area contributed by atoms with Crippen LogP contribution in [-0.4, -0.2) is 29.6 Å². The Bertz CT molecular complexity index is 528. The number of carboxylic acids is 1. The van der Waals surface area contributed by atoms with E-state index in [1.807, 2.05) is 19.1 Å². The normalized spacial score (nSPS) is 15.4. The van der Waals surface area contributed by atoms with Gasteiger partial charge in [0.05, 0.1) is 5.41 Å². The molecule has 1 unspecified atom stereocenters. The van der Waals surface area contributed by atoms with E-state index >= 15 is 0 Å². The average molecular weight is 322 g/mol. The number of ether oxygens (including phenoxy) is 2. The Morgan fingerprint density at radius 1 is 1.13 bits per heavy atom. The number of hydrogen-bond acceptors (Lipinski definition) is 4. The number of aliphatic hydroxyl groups excluding tert-OH is 1. The lowest BCUT2D eigenvalue weighted by Crippen LogP contribution is -2.35. The van der Waals surface area contributed by atoms with Crippen LogP contribution in [0.2, 0.25) is 0 Å². The van der Waals surface area contributed by atoms with E-state index in [1.165, 1.54) is 0 Å². The molecule has 1 aromatic rings. The summed E-state index contributed by atoms with van der Waals surface area (Å²) in [6, 6.07) is 5.47. The molecule has 1 aliphatic heterocycles. The standard InChI is InChI=1S/C18H26O5/c1-2-9-18(17(20)21,10-5-3-4-6-11-19)14-7-8-15-16(12-14)23-13-22-15/h7-8,12,19H,2-6,9-11,13H2,1H3,(H,20,21). The van der Waals surface area contributed by atoms with E-state index in [1.54, 1.807) is 6.07 Å². The van der Waals surface area contributed by atoms with Crippen molar-refractivity contribution in [3.63, 3.8) is 0 Å². The highest BCUT2D eigenvalue weighted by Crippen LogP contribution is 2.41. The molecule has 5 nitrogen and oxygen atoms in total. The maximum absolute atomic E-state index is 12.1. The maximum Gasteiger partial charge on any atom is 0.314 e. The predicted molar refractivity (Wildman–Crippen MR) is 87.0 cm³/mol. The Morgan fingerprint density at radius 2 is 1.87 bits per heavy atom. The zero-order chi connectivity index (χ0) is 16.7. The Hall–Kier alpha value is -1.75. The van der Waals surface area contributed by atoms with Crippen molar-refractivity contribution >= 4 is 5.97 Å². The second-order valence-electron chi connectivity index (χ2n) is 6.09. The molecular weight excluding hydrogens is 296 g/mol. The van der Waals surface area contributed by atoms with Crippen molar-refractivity contribution in [3.05, 3.63) is 23.8 Å². The van der Waals surface area contributed by atoms with E-state index in [9.17, 15) is 9.90 Å². The third kappa shape index (κ3) is 3.96. The smallest absolute Gasteiger partial charge is 0.314 e. The van der Waals surface area contributed by atoms with Gasteiger partial charge in [0, 0.05) is 6.61 Å². The third-order valence-corrected chi connectivity index (χ3v) is 4.52. The van der Waals surface area contributed by atoms with E-state index in [0.717, 1.165) is 37.7 Å². The van der Waals surface area contributed by atoms with Crippen LogP contribution in [0.25, 0.3) is 0 Å². The third-order valence-electron chi connectivity index (χ3n) is 4.52. The van der Waals surface area contributed by atoms with Crippen molar-refractivity contribution in [1.29, 1.82) is 0 Å². The molecule has 0 aromatic heterocycles. The van der Waals surface area contributed by atoms with Gasteiger partial charge in [-0.05, 0) is 37.0 Å². The summed E-state index contributed by atoms with van der Waals surface area (Å²) in [6.45, 7) is 2.39. The summed E-state index contributed by atoms with van der Waals surface area (Å²) in [4.78, 5) is 12.1. The minimum absolute atomic E-state index is 0.188. The van der Waals surface area contributed by atoms with Crippen LogP contribution in [-0.2, 0) is 10.2 Å². The lowest BCUT2D eigenvalue weighted by Gasteiger charge is -2.30. The van der Waals surface area contributed by atoms with E-state index in [0.29, 0.717) is 24.3 Å². The summed E-state index contributed by atoms with van der Waals surface area (Å²) in [7, 11) is 0. The summed E-state index contributed by atoms with van der Waals surface area (Å²) < 4.78 is 10.7. The Morgan fingerprint density at radius 3 is 2.57 bits per heavy atom. The molecule has 0 saturated heterocycles. The minimum atomic E-state index is -0.880. The molecular formula is C18H26O5. The van der Waals surface area contributed by atoms with Gasteiger partial charge >= 0.3 is 5.97 Å². The van der Waals surface area contributed by atoms with Gasteiger partial charge in [-0.2, -0.15) is 0 Å². The largest absolute Gasteiger partial charge is 0.481 e. The number of hydrogen-bond donors (Lipinski definition) is 2. The number of rotatable bonds is 10. The molecule has 0 bridgehead atoms. The fourth-order valence-corrected chi connectivity index (χ4v) is 3.26. The molecule has 2 rings (SSSR count). The average Bonchev–Trinajstić information content (AvgIpc) is 3.01. The van der Waals surface area contributed by atoms with Gasteiger partial charge in [0.25, 0.3) is 0 Å². The molecule has 2 N–H and O–H groups in total. The number of benzene rings is 1. The van der Waals surface area contributed by atoms with Gasteiger partial charge in [0.1, 0.15) is 0 Å². The van der Waals surface area contributed by atoms with Crippen molar-refractivity contribution in [2.45, 2.75) is 57.3 Å². The SMILES string of the molecule is CCCC(CCCCCCO)(C(=O)O)c1ccc2c(c1)OCO2. The van der Waals surface area contributed by atoms with Crippen LogP contribution >= 0.6 is 0 Å². The summed E-state index contributed by atoms with van der Waals surface area (Å²) >= 11 is 0. The van der Waals surface area contributed by atoms with Gasteiger partial charge in [-0.3, -0.25) is 4.79 Å². The highest BCUT2D eigenvalue weighted by Gasteiger charge is 2.39. The molecule has 5 heteroatoms. The maximum atomic E-state index is 12.1. The lowest BCUT2D eigenvalue weighted by molar-refractivity contribution is -0.144. The van der Waals surface area contributed by atoms with Gasteiger partial charge in [-0.25, -0.2) is 0 Å². The van der Waals surface area contributed by atoms with Crippen molar-refractivity contribution in [1.82, 2.24) is 0 Å². The fraction of sp³-hybridized carbons (Fsp3) is 0.611.